The number of thiophene rings is 1. The second-order valence-corrected chi connectivity index (χ2v) is 6.30. The minimum absolute atomic E-state index is 0.0219. The van der Waals surface area contributed by atoms with Gasteiger partial charge < -0.3 is 11.1 Å². The van der Waals surface area contributed by atoms with E-state index in [1.54, 1.807) is 6.07 Å². The van der Waals surface area contributed by atoms with Crippen molar-refractivity contribution in [1.29, 1.82) is 0 Å². The van der Waals surface area contributed by atoms with Gasteiger partial charge in [0, 0.05) is 6.54 Å². The maximum Gasteiger partial charge on any atom is 0.263 e. The topological polar surface area (TPSA) is 55.1 Å². The standard InChI is InChI=1S/C14H22N2OS/c1-10-3-2-4-11(9-10)5-7-16-14(17)13-12(15)6-8-18-13/h6,8,10-11H,2-5,7,9,15H2,1H3,(H,16,17). The van der Waals surface area contributed by atoms with Gasteiger partial charge in [0.2, 0.25) is 0 Å². The molecular formula is C14H22N2OS. The Bertz CT molecular complexity index is 402. The zero-order valence-electron chi connectivity index (χ0n) is 10.9. The Morgan fingerprint density at radius 2 is 2.39 bits per heavy atom. The normalized spacial score (nSPS) is 23.8. The lowest BCUT2D eigenvalue weighted by molar-refractivity contribution is 0.0954. The van der Waals surface area contributed by atoms with Crippen LogP contribution in [0.25, 0.3) is 0 Å². The zero-order valence-corrected chi connectivity index (χ0v) is 11.8. The number of nitrogens with one attached hydrogen (secondary N) is 1. The molecule has 1 aromatic rings. The SMILES string of the molecule is CC1CCCC(CCNC(=O)c2sccc2N)C1. The largest absolute Gasteiger partial charge is 0.397 e. The van der Waals surface area contributed by atoms with E-state index >= 15 is 0 Å². The number of nitrogen functional groups attached to an aromatic ring is 1. The third kappa shape index (κ3) is 3.48. The molecule has 0 radical (unpaired) electrons. The Hall–Kier alpha value is -1.03. The summed E-state index contributed by atoms with van der Waals surface area (Å²) >= 11 is 1.41. The molecule has 2 unspecified atom stereocenters. The number of carbonyl (C=O) groups is 1. The second kappa shape index (κ2) is 6.23. The third-order valence-electron chi connectivity index (χ3n) is 3.79. The van der Waals surface area contributed by atoms with Gasteiger partial charge in [0.15, 0.2) is 0 Å². The average molecular weight is 266 g/mol. The van der Waals surface area contributed by atoms with E-state index in [1.807, 2.05) is 5.38 Å². The molecule has 0 bridgehead atoms. The predicted molar refractivity (Wildman–Crippen MR) is 76.8 cm³/mol. The van der Waals surface area contributed by atoms with Crippen molar-refractivity contribution in [3.05, 3.63) is 16.3 Å². The Labute approximate surface area is 113 Å². The quantitative estimate of drug-likeness (QED) is 0.878. The molecule has 1 saturated carbocycles. The lowest BCUT2D eigenvalue weighted by Crippen LogP contribution is -2.27. The van der Waals surface area contributed by atoms with Crippen LogP contribution in [0.15, 0.2) is 11.4 Å². The summed E-state index contributed by atoms with van der Waals surface area (Å²) in [4.78, 5) is 12.5. The maximum absolute atomic E-state index is 11.9. The van der Waals surface area contributed by atoms with Crippen LogP contribution in [0.4, 0.5) is 5.69 Å². The molecule has 0 saturated heterocycles. The van der Waals surface area contributed by atoms with Gasteiger partial charge in [0.25, 0.3) is 5.91 Å². The average Bonchev–Trinajstić information content (AvgIpc) is 2.75. The molecule has 3 nitrogen and oxygen atoms in total. The molecule has 0 aromatic carbocycles. The van der Waals surface area contributed by atoms with Crippen molar-refractivity contribution in [2.75, 3.05) is 12.3 Å². The Morgan fingerprint density at radius 3 is 3.06 bits per heavy atom. The van der Waals surface area contributed by atoms with Gasteiger partial charge in [-0.25, -0.2) is 0 Å². The van der Waals surface area contributed by atoms with Crippen LogP contribution < -0.4 is 11.1 Å². The molecule has 1 aliphatic carbocycles. The van der Waals surface area contributed by atoms with E-state index in [0.717, 1.165) is 24.8 Å². The van der Waals surface area contributed by atoms with Crippen molar-refractivity contribution in [3.63, 3.8) is 0 Å². The first kappa shape index (κ1) is 13.4. The third-order valence-corrected chi connectivity index (χ3v) is 4.71. The van der Waals surface area contributed by atoms with Crippen molar-refractivity contribution in [3.8, 4) is 0 Å². The highest BCUT2D eigenvalue weighted by molar-refractivity contribution is 7.12. The number of nitrogens with two attached hydrogens (primary N) is 1. The van der Waals surface area contributed by atoms with Gasteiger partial charge in [-0.15, -0.1) is 11.3 Å². The second-order valence-electron chi connectivity index (χ2n) is 5.39. The fourth-order valence-electron chi connectivity index (χ4n) is 2.80. The van der Waals surface area contributed by atoms with E-state index in [1.165, 1.54) is 37.0 Å². The molecule has 2 rings (SSSR count). The molecule has 2 atom stereocenters. The first-order valence-corrected chi connectivity index (χ1v) is 7.66. The number of hydrogen-bond acceptors (Lipinski definition) is 3. The lowest BCUT2D eigenvalue weighted by Gasteiger charge is -2.26. The van der Waals surface area contributed by atoms with Crippen LogP contribution in [-0.2, 0) is 0 Å². The summed E-state index contributed by atoms with van der Waals surface area (Å²) in [7, 11) is 0. The maximum atomic E-state index is 11.9. The van der Waals surface area contributed by atoms with Crippen molar-refractivity contribution in [1.82, 2.24) is 5.32 Å². The van der Waals surface area contributed by atoms with Gasteiger partial charge in [0.1, 0.15) is 4.88 Å². The molecule has 3 N–H and O–H groups in total. The Kier molecular flexibility index (Phi) is 4.64. The van der Waals surface area contributed by atoms with Crippen LogP contribution in [0.2, 0.25) is 0 Å². The van der Waals surface area contributed by atoms with Gasteiger partial charge in [-0.05, 0) is 36.1 Å². The van der Waals surface area contributed by atoms with E-state index in [2.05, 4.69) is 12.2 Å². The summed E-state index contributed by atoms with van der Waals surface area (Å²) in [6.45, 7) is 3.10. The van der Waals surface area contributed by atoms with Crippen LogP contribution in [0, 0.1) is 11.8 Å². The highest BCUT2D eigenvalue weighted by Gasteiger charge is 2.19. The van der Waals surface area contributed by atoms with E-state index < -0.39 is 0 Å². The molecule has 0 spiro atoms. The predicted octanol–water partition coefficient (Wildman–Crippen LogP) is 3.28. The number of carbonyl (C=O) groups excluding carboxylic acids is 1. The van der Waals surface area contributed by atoms with Crippen molar-refractivity contribution >= 4 is 22.9 Å². The van der Waals surface area contributed by atoms with E-state index in [4.69, 9.17) is 5.73 Å². The first-order valence-electron chi connectivity index (χ1n) is 6.78. The van der Waals surface area contributed by atoms with Crippen molar-refractivity contribution in [2.45, 2.75) is 39.0 Å². The van der Waals surface area contributed by atoms with Gasteiger partial charge in [0.05, 0.1) is 5.69 Å². The highest BCUT2D eigenvalue weighted by atomic mass is 32.1. The summed E-state index contributed by atoms with van der Waals surface area (Å²) in [5.74, 6) is 1.62. The smallest absolute Gasteiger partial charge is 0.263 e. The van der Waals surface area contributed by atoms with Crippen LogP contribution in [0.1, 0.15) is 48.7 Å². The van der Waals surface area contributed by atoms with Crippen LogP contribution in [-0.4, -0.2) is 12.5 Å². The van der Waals surface area contributed by atoms with Crippen LogP contribution in [0.3, 0.4) is 0 Å². The van der Waals surface area contributed by atoms with Gasteiger partial charge in [-0.3, -0.25) is 4.79 Å². The summed E-state index contributed by atoms with van der Waals surface area (Å²) < 4.78 is 0. The summed E-state index contributed by atoms with van der Waals surface area (Å²) in [6, 6.07) is 1.78. The molecule has 1 amide bonds. The molecule has 4 heteroatoms. The molecule has 18 heavy (non-hydrogen) atoms. The van der Waals surface area contributed by atoms with Crippen LogP contribution >= 0.6 is 11.3 Å². The molecule has 0 aliphatic heterocycles. The van der Waals surface area contributed by atoms with Gasteiger partial charge in [-0.2, -0.15) is 0 Å². The first-order chi connectivity index (χ1) is 8.66. The monoisotopic (exact) mass is 266 g/mol. The fourth-order valence-corrected chi connectivity index (χ4v) is 3.53. The summed E-state index contributed by atoms with van der Waals surface area (Å²) in [5, 5.41) is 4.83. The zero-order chi connectivity index (χ0) is 13.0. The number of amides is 1. The minimum atomic E-state index is -0.0219. The minimum Gasteiger partial charge on any atom is -0.397 e. The Morgan fingerprint density at radius 1 is 1.56 bits per heavy atom. The van der Waals surface area contributed by atoms with Gasteiger partial charge in [-0.1, -0.05) is 26.2 Å². The van der Waals surface area contributed by atoms with Gasteiger partial charge >= 0.3 is 0 Å². The highest BCUT2D eigenvalue weighted by Crippen LogP contribution is 2.30. The molecular weight excluding hydrogens is 244 g/mol. The molecule has 1 heterocycles. The number of hydrogen-bond donors (Lipinski definition) is 2. The van der Waals surface area contributed by atoms with E-state index in [9.17, 15) is 4.79 Å². The Balaban J connectivity index is 1.72. The molecule has 100 valence electrons. The van der Waals surface area contributed by atoms with Crippen molar-refractivity contribution < 1.29 is 4.79 Å². The molecule has 1 aliphatic rings. The molecule has 1 fully saturated rings. The summed E-state index contributed by atoms with van der Waals surface area (Å²) in [5.41, 5.74) is 6.31. The lowest BCUT2D eigenvalue weighted by atomic mass is 9.81. The number of rotatable bonds is 4. The summed E-state index contributed by atoms with van der Waals surface area (Å²) in [6.07, 6.45) is 6.45. The number of anilines is 1. The van der Waals surface area contributed by atoms with E-state index in [-0.39, 0.29) is 5.91 Å². The van der Waals surface area contributed by atoms with E-state index in [0.29, 0.717) is 10.6 Å². The van der Waals surface area contributed by atoms with Crippen molar-refractivity contribution in [2.24, 2.45) is 11.8 Å². The molecule has 1 aromatic heterocycles. The van der Waals surface area contributed by atoms with Crippen LogP contribution in [0.5, 0.6) is 0 Å². The fraction of sp³-hybridized carbons (Fsp3) is 0.643.